The van der Waals surface area contributed by atoms with Crippen LogP contribution in [-0.4, -0.2) is 30.7 Å². The molecule has 2 atom stereocenters. The van der Waals surface area contributed by atoms with Crippen molar-refractivity contribution in [2.24, 2.45) is 17.6 Å². The molecule has 0 aromatic rings. The third kappa shape index (κ3) is 7.33. The molecule has 0 rings (SSSR count). The molecule has 0 saturated heterocycles. The molecule has 0 heterocycles. The molecule has 0 bridgehead atoms. The molecule has 2 unspecified atom stereocenters. The number of aliphatic hydroxyl groups excluding tert-OH is 1. The van der Waals surface area contributed by atoms with Crippen LogP contribution in [0, 0.1) is 11.8 Å². The quantitative estimate of drug-likeness (QED) is 0.525. The lowest BCUT2D eigenvalue weighted by Gasteiger charge is -2.16. The summed E-state index contributed by atoms with van der Waals surface area (Å²) in [6.45, 7) is 5.66. The Balaban J connectivity index is 3.64. The van der Waals surface area contributed by atoms with Crippen molar-refractivity contribution in [1.82, 2.24) is 5.32 Å². The molecule has 4 nitrogen and oxygen atoms in total. The molecule has 90 valence electrons. The molecule has 0 saturated carbocycles. The highest BCUT2D eigenvalue weighted by molar-refractivity contribution is 5.76. The normalized spacial score (nSPS) is 14.9. The standard InChI is InChI=1S/C11H24N2O2/c1-3-4-10(5-6-14)8-13-7-9(2)11(12)15/h9-10,13-14H,3-8H2,1-2H3,(H2,12,15). The Bertz CT molecular complexity index is 168. The van der Waals surface area contributed by atoms with Crippen molar-refractivity contribution >= 4 is 5.91 Å². The van der Waals surface area contributed by atoms with E-state index >= 15 is 0 Å². The van der Waals surface area contributed by atoms with Crippen molar-refractivity contribution in [1.29, 1.82) is 0 Å². The lowest BCUT2D eigenvalue weighted by atomic mass is 10.00. The smallest absolute Gasteiger partial charge is 0.221 e. The molecule has 4 N–H and O–H groups in total. The van der Waals surface area contributed by atoms with E-state index in [4.69, 9.17) is 10.8 Å². The average molecular weight is 216 g/mol. The van der Waals surface area contributed by atoms with Gasteiger partial charge in [0.25, 0.3) is 0 Å². The van der Waals surface area contributed by atoms with E-state index in [1.807, 2.05) is 6.92 Å². The lowest BCUT2D eigenvalue weighted by Crippen LogP contribution is -2.33. The van der Waals surface area contributed by atoms with E-state index in [2.05, 4.69) is 12.2 Å². The first-order valence-corrected chi connectivity index (χ1v) is 5.72. The maximum atomic E-state index is 10.8. The summed E-state index contributed by atoms with van der Waals surface area (Å²) in [7, 11) is 0. The van der Waals surface area contributed by atoms with Crippen LogP contribution >= 0.6 is 0 Å². The van der Waals surface area contributed by atoms with Crippen molar-refractivity contribution in [3.05, 3.63) is 0 Å². The Kier molecular flexibility index (Phi) is 8.33. The summed E-state index contributed by atoms with van der Waals surface area (Å²) < 4.78 is 0. The Morgan fingerprint density at radius 1 is 1.40 bits per heavy atom. The molecule has 0 aliphatic heterocycles. The fraction of sp³-hybridized carbons (Fsp3) is 0.909. The van der Waals surface area contributed by atoms with E-state index in [9.17, 15) is 4.79 Å². The van der Waals surface area contributed by atoms with Crippen molar-refractivity contribution in [2.75, 3.05) is 19.7 Å². The molecule has 0 spiro atoms. The van der Waals surface area contributed by atoms with Gasteiger partial charge in [0.1, 0.15) is 0 Å². The van der Waals surface area contributed by atoms with Crippen LogP contribution in [0.2, 0.25) is 0 Å². The van der Waals surface area contributed by atoms with Crippen LogP contribution in [0.5, 0.6) is 0 Å². The maximum absolute atomic E-state index is 10.8. The molecule has 0 aromatic carbocycles. The summed E-state index contributed by atoms with van der Waals surface area (Å²) in [5.74, 6) is 0.109. The highest BCUT2D eigenvalue weighted by Crippen LogP contribution is 2.09. The SMILES string of the molecule is CCCC(CCO)CNCC(C)C(N)=O. The fourth-order valence-corrected chi connectivity index (χ4v) is 1.54. The molecule has 0 radical (unpaired) electrons. The molecule has 4 heteroatoms. The van der Waals surface area contributed by atoms with Crippen LogP contribution in [0.4, 0.5) is 0 Å². The molecule has 0 fully saturated rings. The molecule has 0 aromatic heterocycles. The second-order valence-electron chi connectivity index (χ2n) is 4.13. The van der Waals surface area contributed by atoms with Crippen LogP contribution in [0.15, 0.2) is 0 Å². The van der Waals surface area contributed by atoms with Crippen LogP contribution < -0.4 is 11.1 Å². The first-order chi connectivity index (χ1) is 7.11. The van der Waals surface area contributed by atoms with Crippen molar-refractivity contribution in [3.63, 3.8) is 0 Å². The van der Waals surface area contributed by atoms with Gasteiger partial charge < -0.3 is 16.2 Å². The van der Waals surface area contributed by atoms with E-state index < -0.39 is 0 Å². The van der Waals surface area contributed by atoms with Gasteiger partial charge in [0.05, 0.1) is 0 Å². The zero-order valence-corrected chi connectivity index (χ0v) is 9.83. The summed E-state index contributed by atoms with van der Waals surface area (Å²) >= 11 is 0. The first kappa shape index (κ1) is 14.4. The van der Waals surface area contributed by atoms with Crippen molar-refractivity contribution < 1.29 is 9.90 Å². The highest BCUT2D eigenvalue weighted by atomic mass is 16.3. The van der Waals surface area contributed by atoms with Gasteiger partial charge in [0.2, 0.25) is 5.91 Å². The number of hydrogen-bond acceptors (Lipinski definition) is 3. The zero-order chi connectivity index (χ0) is 11.7. The minimum Gasteiger partial charge on any atom is -0.396 e. The third-order valence-corrected chi connectivity index (χ3v) is 2.60. The van der Waals surface area contributed by atoms with Gasteiger partial charge in [-0.25, -0.2) is 0 Å². The van der Waals surface area contributed by atoms with Gasteiger partial charge in [-0.3, -0.25) is 4.79 Å². The van der Waals surface area contributed by atoms with Gasteiger partial charge in [-0.15, -0.1) is 0 Å². The highest BCUT2D eigenvalue weighted by Gasteiger charge is 2.10. The van der Waals surface area contributed by atoms with Crippen LogP contribution in [0.1, 0.15) is 33.1 Å². The van der Waals surface area contributed by atoms with E-state index in [1.54, 1.807) is 0 Å². The summed E-state index contributed by atoms with van der Waals surface area (Å²) in [5.41, 5.74) is 5.15. The van der Waals surface area contributed by atoms with Gasteiger partial charge in [-0.05, 0) is 25.3 Å². The lowest BCUT2D eigenvalue weighted by molar-refractivity contribution is -0.121. The average Bonchev–Trinajstić information content (AvgIpc) is 2.18. The summed E-state index contributed by atoms with van der Waals surface area (Å²) in [6.07, 6.45) is 3.06. The van der Waals surface area contributed by atoms with Gasteiger partial charge in [0.15, 0.2) is 0 Å². The van der Waals surface area contributed by atoms with Gasteiger partial charge >= 0.3 is 0 Å². The Labute approximate surface area is 92.2 Å². The number of carbonyl (C=O) groups is 1. The van der Waals surface area contributed by atoms with E-state index in [1.165, 1.54) is 0 Å². The number of hydrogen-bond donors (Lipinski definition) is 3. The van der Waals surface area contributed by atoms with Gasteiger partial charge in [-0.2, -0.15) is 0 Å². The minimum absolute atomic E-state index is 0.124. The number of rotatable bonds is 9. The van der Waals surface area contributed by atoms with E-state index in [0.717, 1.165) is 25.8 Å². The predicted octanol–water partition coefficient (Wildman–Crippen LogP) is 0.496. The molecular formula is C11H24N2O2. The predicted molar refractivity (Wildman–Crippen MR) is 61.3 cm³/mol. The minimum atomic E-state index is -0.267. The zero-order valence-electron chi connectivity index (χ0n) is 9.83. The van der Waals surface area contributed by atoms with Crippen LogP contribution in [0.3, 0.4) is 0 Å². The Hall–Kier alpha value is -0.610. The second kappa shape index (κ2) is 8.68. The number of amides is 1. The van der Waals surface area contributed by atoms with E-state index in [0.29, 0.717) is 12.5 Å². The summed E-state index contributed by atoms with van der Waals surface area (Å²) in [6, 6.07) is 0. The topological polar surface area (TPSA) is 75.3 Å². The van der Waals surface area contributed by atoms with Crippen molar-refractivity contribution in [2.45, 2.75) is 33.1 Å². The molecule has 0 aliphatic rings. The number of aliphatic hydroxyl groups is 1. The largest absolute Gasteiger partial charge is 0.396 e. The fourth-order valence-electron chi connectivity index (χ4n) is 1.54. The third-order valence-electron chi connectivity index (χ3n) is 2.60. The molecule has 15 heavy (non-hydrogen) atoms. The number of nitrogens with two attached hydrogens (primary N) is 1. The van der Waals surface area contributed by atoms with Gasteiger partial charge in [0, 0.05) is 19.1 Å². The Morgan fingerprint density at radius 2 is 2.07 bits per heavy atom. The van der Waals surface area contributed by atoms with Crippen LogP contribution in [-0.2, 0) is 4.79 Å². The van der Waals surface area contributed by atoms with Gasteiger partial charge in [-0.1, -0.05) is 20.3 Å². The maximum Gasteiger partial charge on any atom is 0.221 e. The first-order valence-electron chi connectivity index (χ1n) is 5.72. The molecular weight excluding hydrogens is 192 g/mol. The number of primary amides is 1. The number of nitrogens with one attached hydrogen (secondary N) is 1. The van der Waals surface area contributed by atoms with Crippen molar-refractivity contribution in [3.8, 4) is 0 Å². The molecule has 0 aliphatic carbocycles. The van der Waals surface area contributed by atoms with E-state index in [-0.39, 0.29) is 18.4 Å². The summed E-state index contributed by atoms with van der Waals surface area (Å²) in [5, 5.41) is 12.1. The summed E-state index contributed by atoms with van der Waals surface area (Å²) in [4.78, 5) is 10.8. The number of carbonyl (C=O) groups excluding carboxylic acids is 1. The monoisotopic (exact) mass is 216 g/mol. The van der Waals surface area contributed by atoms with Crippen LogP contribution in [0.25, 0.3) is 0 Å². The molecule has 1 amide bonds. The second-order valence-corrected chi connectivity index (χ2v) is 4.13. The Morgan fingerprint density at radius 3 is 2.53 bits per heavy atom.